The maximum Gasteiger partial charge on any atom is 0.185 e. The number of nitrogens with zero attached hydrogens (tertiary/aromatic N) is 2. The molecule has 18 heavy (non-hydrogen) atoms. The van der Waals surface area contributed by atoms with E-state index in [0.717, 1.165) is 23.9 Å². The van der Waals surface area contributed by atoms with Gasteiger partial charge < -0.3 is 10.6 Å². The van der Waals surface area contributed by atoms with Crippen LogP contribution in [-0.2, 0) is 6.54 Å². The van der Waals surface area contributed by atoms with E-state index in [1.54, 1.807) is 11.3 Å². The van der Waals surface area contributed by atoms with E-state index in [1.807, 2.05) is 18.4 Å². The third-order valence-electron chi connectivity index (χ3n) is 2.84. The molecule has 0 amide bonds. The molecule has 2 rings (SSSR count). The van der Waals surface area contributed by atoms with Crippen molar-refractivity contribution in [2.75, 3.05) is 11.4 Å². The molecule has 0 bridgehead atoms. The minimum atomic E-state index is 0.00503. The SMILES string of the molecule is CCN(Cc1ccccc1)c1nc(C(C)N)cs1. The van der Waals surface area contributed by atoms with Gasteiger partial charge in [0, 0.05) is 24.5 Å². The fourth-order valence-corrected chi connectivity index (χ4v) is 2.74. The van der Waals surface area contributed by atoms with Crippen LogP contribution >= 0.6 is 11.3 Å². The second-order valence-electron chi connectivity index (χ2n) is 4.34. The first-order chi connectivity index (χ1) is 8.70. The van der Waals surface area contributed by atoms with Gasteiger partial charge in [0.15, 0.2) is 5.13 Å². The van der Waals surface area contributed by atoms with E-state index in [4.69, 9.17) is 5.73 Å². The summed E-state index contributed by atoms with van der Waals surface area (Å²) in [5.41, 5.74) is 8.12. The molecule has 0 radical (unpaired) electrons. The minimum absolute atomic E-state index is 0.00503. The van der Waals surface area contributed by atoms with E-state index >= 15 is 0 Å². The zero-order valence-electron chi connectivity index (χ0n) is 10.8. The second kappa shape index (κ2) is 5.98. The predicted octanol–water partition coefficient (Wildman–Crippen LogP) is 3.19. The molecule has 0 fully saturated rings. The number of benzene rings is 1. The highest BCUT2D eigenvalue weighted by Crippen LogP contribution is 2.24. The molecule has 1 aromatic carbocycles. The summed E-state index contributed by atoms with van der Waals surface area (Å²) in [6, 6.07) is 10.5. The summed E-state index contributed by atoms with van der Waals surface area (Å²) in [4.78, 5) is 6.87. The van der Waals surface area contributed by atoms with Crippen LogP contribution in [0.1, 0.15) is 31.1 Å². The molecule has 0 aliphatic rings. The third-order valence-corrected chi connectivity index (χ3v) is 3.76. The van der Waals surface area contributed by atoms with Crippen molar-refractivity contribution >= 4 is 16.5 Å². The summed E-state index contributed by atoms with van der Waals surface area (Å²) >= 11 is 1.66. The van der Waals surface area contributed by atoms with E-state index in [2.05, 4.69) is 41.1 Å². The highest BCUT2D eigenvalue weighted by molar-refractivity contribution is 7.13. The van der Waals surface area contributed by atoms with Gasteiger partial charge in [0.25, 0.3) is 0 Å². The second-order valence-corrected chi connectivity index (χ2v) is 5.18. The molecule has 1 heterocycles. The monoisotopic (exact) mass is 261 g/mol. The van der Waals surface area contributed by atoms with E-state index in [0.29, 0.717) is 0 Å². The molecule has 0 aliphatic carbocycles. The van der Waals surface area contributed by atoms with Crippen LogP contribution in [0.5, 0.6) is 0 Å². The van der Waals surface area contributed by atoms with Crippen molar-refractivity contribution in [1.29, 1.82) is 0 Å². The minimum Gasteiger partial charge on any atom is -0.344 e. The topological polar surface area (TPSA) is 42.2 Å². The van der Waals surface area contributed by atoms with Gasteiger partial charge in [-0.3, -0.25) is 0 Å². The van der Waals surface area contributed by atoms with Crippen LogP contribution in [0, 0.1) is 0 Å². The molecule has 4 heteroatoms. The van der Waals surface area contributed by atoms with Crippen LogP contribution in [0.2, 0.25) is 0 Å². The maximum absolute atomic E-state index is 5.85. The van der Waals surface area contributed by atoms with Gasteiger partial charge in [-0.25, -0.2) is 4.98 Å². The van der Waals surface area contributed by atoms with Crippen LogP contribution in [0.15, 0.2) is 35.7 Å². The van der Waals surface area contributed by atoms with Crippen molar-refractivity contribution in [1.82, 2.24) is 4.98 Å². The molecule has 2 aromatic rings. The molecule has 0 aliphatic heterocycles. The van der Waals surface area contributed by atoms with Crippen LogP contribution in [0.4, 0.5) is 5.13 Å². The Morgan fingerprint density at radius 2 is 2.06 bits per heavy atom. The number of nitrogens with two attached hydrogens (primary N) is 1. The number of hydrogen-bond acceptors (Lipinski definition) is 4. The van der Waals surface area contributed by atoms with Crippen molar-refractivity contribution < 1.29 is 0 Å². The molecule has 1 aromatic heterocycles. The predicted molar refractivity (Wildman–Crippen MR) is 77.9 cm³/mol. The average Bonchev–Trinajstić information content (AvgIpc) is 2.87. The summed E-state index contributed by atoms with van der Waals surface area (Å²) in [5.74, 6) is 0. The smallest absolute Gasteiger partial charge is 0.185 e. The van der Waals surface area contributed by atoms with Crippen LogP contribution < -0.4 is 10.6 Å². The first-order valence-electron chi connectivity index (χ1n) is 6.20. The fourth-order valence-electron chi connectivity index (χ4n) is 1.75. The Balaban J connectivity index is 2.13. The van der Waals surface area contributed by atoms with Gasteiger partial charge in [-0.05, 0) is 19.4 Å². The van der Waals surface area contributed by atoms with E-state index in [1.165, 1.54) is 5.56 Å². The van der Waals surface area contributed by atoms with Gasteiger partial charge in [-0.1, -0.05) is 30.3 Å². The Labute approximate surface area is 112 Å². The number of rotatable bonds is 5. The van der Waals surface area contributed by atoms with Crippen molar-refractivity contribution in [2.45, 2.75) is 26.4 Å². The summed E-state index contributed by atoms with van der Waals surface area (Å²) in [5, 5.41) is 3.10. The number of anilines is 1. The summed E-state index contributed by atoms with van der Waals surface area (Å²) in [6.45, 7) is 5.95. The zero-order chi connectivity index (χ0) is 13.0. The molecule has 96 valence electrons. The van der Waals surface area contributed by atoms with E-state index < -0.39 is 0 Å². The Bertz CT molecular complexity index is 479. The van der Waals surface area contributed by atoms with E-state index in [-0.39, 0.29) is 6.04 Å². The lowest BCUT2D eigenvalue weighted by Crippen LogP contribution is -2.22. The van der Waals surface area contributed by atoms with Gasteiger partial charge in [0.05, 0.1) is 5.69 Å². The first-order valence-corrected chi connectivity index (χ1v) is 7.08. The average molecular weight is 261 g/mol. The highest BCUT2D eigenvalue weighted by Gasteiger charge is 2.11. The molecule has 3 nitrogen and oxygen atoms in total. The summed E-state index contributed by atoms with van der Waals surface area (Å²) < 4.78 is 0. The van der Waals surface area contributed by atoms with Gasteiger partial charge in [-0.15, -0.1) is 11.3 Å². The first kappa shape index (κ1) is 13.1. The molecule has 1 unspecified atom stereocenters. The molecule has 0 saturated heterocycles. The Kier molecular flexibility index (Phi) is 4.33. The lowest BCUT2D eigenvalue weighted by molar-refractivity contribution is 0.773. The summed E-state index contributed by atoms with van der Waals surface area (Å²) in [7, 11) is 0. The molecule has 0 spiro atoms. The molecule has 2 N–H and O–H groups in total. The number of thiazole rings is 1. The standard InChI is InChI=1S/C14H19N3S/c1-3-17(9-12-7-5-4-6-8-12)14-16-13(10-18-14)11(2)15/h4-8,10-11H,3,9,15H2,1-2H3. The Hall–Kier alpha value is -1.39. The molecule has 0 saturated carbocycles. The quantitative estimate of drug-likeness (QED) is 0.898. The molecule has 1 atom stereocenters. The number of hydrogen-bond donors (Lipinski definition) is 1. The van der Waals surface area contributed by atoms with Crippen LogP contribution in [0.25, 0.3) is 0 Å². The lowest BCUT2D eigenvalue weighted by Gasteiger charge is -2.19. The maximum atomic E-state index is 5.85. The van der Waals surface area contributed by atoms with Crippen molar-refractivity contribution in [2.24, 2.45) is 5.73 Å². The Morgan fingerprint density at radius 1 is 1.33 bits per heavy atom. The third kappa shape index (κ3) is 3.09. The van der Waals surface area contributed by atoms with E-state index in [9.17, 15) is 0 Å². The highest BCUT2D eigenvalue weighted by atomic mass is 32.1. The zero-order valence-corrected chi connectivity index (χ0v) is 11.7. The van der Waals surface area contributed by atoms with Crippen molar-refractivity contribution in [3.8, 4) is 0 Å². The lowest BCUT2D eigenvalue weighted by atomic mass is 10.2. The molecular formula is C14H19N3S. The van der Waals surface area contributed by atoms with Crippen LogP contribution in [0.3, 0.4) is 0 Å². The molecular weight excluding hydrogens is 242 g/mol. The van der Waals surface area contributed by atoms with Gasteiger partial charge >= 0.3 is 0 Å². The summed E-state index contributed by atoms with van der Waals surface area (Å²) in [6.07, 6.45) is 0. The fraction of sp³-hybridized carbons (Fsp3) is 0.357. The van der Waals surface area contributed by atoms with Crippen LogP contribution in [-0.4, -0.2) is 11.5 Å². The largest absolute Gasteiger partial charge is 0.344 e. The van der Waals surface area contributed by atoms with Gasteiger partial charge in [0.1, 0.15) is 0 Å². The van der Waals surface area contributed by atoms with Gasteiger partial charge in [-0.2, -0.15) is 0 Å². The normalized spacial score (nSPS) is 12.4. The Morgan fingerprint density at radius 3 is 2.61 bits per heavy atom. The van der Waals surface area contributed by atoms with Crippen molar-refractivity contribution in [3.05, 3.63) is 47.0 Å². The van der Waals surface area contributed by atoms with Gasteiger partial charge in [0.2, 0.25) is 0 Å². The van der Waals surface area contributed by atoms with Crippen molar-refractivity contribution in [3.63, 3.8) is 0 Å². The number of aromatic nitrogens is 1.